The first-order valence-corrected chi connectivity index (χ1v) is 8.75. The first-order chi connectivity index (χ1) is 11.0. The van der Waals surface area contributed by atoms with E-state index in [-0.39, 0.29) is 17.9 Å². The Morgan fingerprint density at radius 1 is 1.17 bits per heavy atom. The van der Waals surface area contributed by atoms with E-state index >= 15 is 0 Å². The number of hydrogen-bond donors (Lipinski definition) is 1. The standard InChI is InChI=1S/C15H22IN3O4/c1-5-21-13-10(8(3)4)18-14(22-6-2)11(19-13)12(20)15-17-9(16)7-23-15/h7-8,10-12,20H,5-6H2,1-4H3/t10-,11+,12+/m1/s1. The molecular formula is C15H22IN3O4. The Kier molecular flexibility index (Phi) is 6.40. The molecule has 2 heterocycles. The van der Waals surface area contributed by atoms with Gasteiger partial charge in [0.1, 0.15) is 16.0 Å². The third-order valence-corrected chi connectivity index (χ3v) is 3.80. The van der Waals surface area contributed by atoms with Crippen molar-refractivity contribution in [1.82, 2.24) is 4.98 Å². The zero-order valence-corrected chi connectivity index (χ0v) is 15.9. The van der Waals surface area contributed by atoms with Crippen molar-refractivity contribution in [2.45, 2.75) is 45.9 Å². The van der Waals surface area contributed by atoms with Crippen LogP contribution in [0.25, 0.3) is 0 Å². The Morgan fingerprint density at radius 2 is 1.74 bits per heavy atom. The number of aliphatic hydroxyl groups excluding tert-OH is 1. The maximum absolute atomic E-state index is 10.6. The first-order valence-electron chi connectivity index (χ1n) is 7.67. The van der Waals surface area contributed by atoms with Crippen LogP contribution in [0.15, 0.2) is 20.7 Å². The largest absolute Gasteiger partial charge is 0.480 e. The second-order valence-corrected chi connectivity index (χ2v) is 6.49. The molecule has 0 spiro atoms. The van der Waals surface area contributed by atoms with E-state index in [1.807, 2.05) is 50.3 Å². The van der Waals surface area contributed by atoms with Gasteiger partial charge in [0.15, 0.2) is 12.1 Å². The molecule has 0 unspecified atom stereocenters. The van der Waals surface area contributed by atoms with E-state index in [2.05, 4.69) is 15.0 Å². The molecule has 7 nitrogen and oxygen atoms in total. The van der Waals surface area contributed by atoms with Crippen molar-refractivity contribution in [3.63, 3.8) is 0 Å². The molecule has 0 amide bonds. The molecule has 1 aliphatic rings. The minimum Gasteiger partial charge on any atom is -0.480 e. The van der Waals surface area contributed by atoms with Gasteiger partial charge < -0.3 is 19.0 Å². The highest BCUT2D eigenvalue weighted by molar-refractivity contribution is 14.1. The molecule has 1 aliphatic heterocycles. The summed E-state index contributed by atoms with van der Waals surface area (Å²) in [7, 11) is 0. The monoisotopic (exact) mass is 435 g/mol. The lowest BCUT2D eigenvalue weighted by Gasteiger charge is -2.29. The molecule has 8 heteroatoms. The number of rotatable bonds is 5. The van der Waals surface area contributed by atoms with Crippen LogP contribution in [0.4, 0.5) is 0 Å². The van der Waals surface area contributed by atoms with Gasteiger partial charge in [0, 0.05) is 0 Å². The van der Waals surface area contributed by atoms with Crippen molar-refractivity contribution < 1.29 is 19.0 Å². The average molecular weight is 435 g/mol. The second-order valence-electron chi connectivity index (χ2n) is 5.39. The summed E-state index contributed by atoms with van der Waals surface area (Å²) in [5, 5.41) is 10.6. The van der Waals surface area contributed by atoms with Gasteiger partial charge in [0.05, 0.1) is 13.2 Å². The highest BCUT2D eigenvalue weighted by Crippen LogP contribution is 2.26. The van der Waals surface area contributed by atoms with Crippen LogP contribution in [0.1, 0.15) is 39.7 Å². The summed E-state index contributed by atoms with van der Waals surface area (Å²) in [4.78, 5) is 13.3. The van der Waals surface area contributed by atoms with E-state index in [1.54, 1.807) is 0 Å². The van der Waals surface area contributed by atoms with E-state index in [0.29, 0.717) is 28.7 Å². The fourth-order valence-corrected chi connectivity index (χ4v) is 2.62. The van der Waals surface area contributed by atoms with Crippen molar-refractivity contribution in [3.8, 4) is 0 Å². The zero-order valence-electron chi connectivity index (χ0n) is 13.7. The van der Waals surface area contributed by atoms with Crippen LogP contribution in [0.2, 0.25) is 0 Å². The number of oxazole rings is 1. The number of hydrogen-bond acceptors (Lipinski definition) is 7. The lowest BCUT2D eigenvalue weighted by molar-refractivity contribution is 0.122. The van der Waals surface area contributed by atoms with Crippen molar-refractivity contribution in [2.75, 3.05) is 13.2 Å². The van der Waals surface area contributed by atoms with E-state index in [1.165, 1.54) is 6.26 Å². The van der Waals surface area contributed by atoms with Crippen LogP contribution in [0.5, 0.6) is 0 Å². The SMILES string of the molecule is CCOC1=N[C@H](C(C)C)C(OCC)=N[C@H]1[C@H](O)c1nc(I)co1. The molecule has 0 saturated heterocycles. The van der Waals surface area contributed by atoms with Crippen LogP contribution < -0.4 is 0 Å². The Morgan fingerprint density at radius 3 is 2.22 bits per heavy atom. The average Bonchev–Trinajstić information content (AvgIpc) is 2.94. The summed E-state index contributed by atoms with van der Waals surface area (Å²) >= 11 is 2.02. The number of nitrogens with zero attached hydrogens (tertiary/aromatic N) is 3. The molecule has 0 fully saturated rings. The van der Waals surface area contributed by atoms with Crippen LogP contribution in [0, 0.1) is 9.62 Å². The van der Waals surface area contributed by atoms with Gasteiger partial charge in [0.2, 0.25) is 17.7 Å². The zero-order chi connectivity index (χ0) is 17.0. The predicted octanol–water partition coefficient (Wildman–Crippen LogP) is 2.59. The Bertz CT molecular complexity index is 585. The lowest BCUT2D eigenvalue weighted by Crippen LogP contribution is -2.40. The van der Waals surface area contributed by atoms with Gasteiger partial charge in [0.25, 0.3) is 0 Å². The molecule has 0 aromatic carbocycles. The minimum absolute atomic E-state index is 0.189. The third-order valence-electron chi connectivity index (χ3n) is 3.30. The number of aliphatic hydroxyl groups is 1. The topological polar surface area (TPSA) is 89.4 Å². The molecule has 0 bridgehead atoms. The van der Waals surface area contributed by atoms with Crippen LogP contribution in [-0.4, -0.2) is 47.2 Å². The van der Waals surface area contributed by atoms with Crippen LogP contribution in [0.3, 0.4) is 0 Å². The number of aliphatic imine (C=N–C) groups is 2. The molecule has 23 heavy (non-hydrogen) atoms. The quantitative estimate of drug-likeness (QED) is 0.719. The lowest BCUT2D eigenvalue weighted by atomic mass is 10.0. The van der Waals surface area contributed by atoms with Gasteiger partial charge in [-0.1, -0.05) is 13.8 Å². The van der Waals surface area contributed by atoms with Gasteiger partial charge in [-0.2, -0.15) is 0 Å². The fraction of sp³-hybridized carbons (Fsp3) is 0.667. The van der Waals surface area contributed by atoms with E-state index < -0.39 is 12.1 Å². The molecular weight excluding hydrogens is 413 g/mol. The van der Waals surface area contributed by atoms with Crippen LogP contribution in [-0.2, 0) is 9.47 Å². The van der Waals surface area contributed by atoms with Crippen LogP contribution >= 0.6 is 22.6 Å². The van der Waals surface area contributed by atoms with Gasteiger partial charge in [-0.05, 0) is 42.4 Å². The predicted molar refractivity (Wildman–Crippen MR) is 94.7 cm³/mol. The Labute approximate surface area is 149 Å². The maximum atomic E-state index is 10.6. The minimum atomic E-state index is -1.08. The normalized spacial score (nSPS) is 22.6. The van der Waals surface area contributed by atoms with Gasteiger partial charge in [-0.3, -0.25) is 0 Å². The van der Waals surface area contributed by atoms with Crippen molar-refractivity contribution in [2.24, 2.45) is 15.9 Å². The summed E-state index contributed by atoms with van der Waals surface area (Å²) < 4.78 is 17.2. The summed E-state index contributed by atoms with van der Waals surface area (Å²) in [6.45, 7) is 8.77. The smallest absolute Gasteiger partial charge is 0.226 e. The molecule has 0 aliphatic carbocycles. The molecule has 2 rings (SSSR count). The summed E-state index contributed by atoms with van der Waals surface area (Å²) in [5.74, 6) is 1.29. The molecule has 128 valence electrons. The fourth-order valence-electron chi connectivity index (χ4n) is 2.26. The summed E-state index contributed by atoms with van der Waals surface area (Å²) in [5.41, 5.74) is 0. The highest BCUT2D eigenvalue weighted by Gasteiger charge is 2.37. The van der Waals surface area contributed by atoms with Crippen molar-refractivity contribution >= 4 is 34.4 Å². The van der Waals surface area contributed by atoms with E-state index in [9.17, 15) is 5.11 Å². The van der Waals surface area contributed by atoms with Crippen molar-refractivity contribution in [3.05, 3.63) is 15.9 Å². The van der Waals surface area contributed by atoms with Gasteiger partial charge in [-0.25, -0.2) is 15.0 Å². The molecule has 1 aromatic rings. The molecule has 3 atom stereocenters. The summed E-state index contributed by atoms with van der Waals surface area (Å²) in [6, 6.07) is -0.939. The first kappa shape index (κ1) is 18.2. The third kappa shape index (κ3) is 4.23. The molecule has 0 saturated carbocycles. The second kappa shape index (κ2) is 8.09. The molecule has 1 aromatic heterocycles. The number of ether oxygens (including phenoxy) is 2. The summed E-state index contributed by atoms with van der Waals surface area (Å²) in [6.07, 6.45) is 0.399. The number of halogens is 1. The number of aromatic nitrogens is 1. The Balaban J connectivity index is 2.35. The Hall–Kier alpha value is -1.16. The van der Waals surface area contributed by atoms with Gasteiger partial charge in [-0.15, -0.1) is 0 Å². The highest BCUT2D eigenvalue weighted by atomic mass is 127. The molecule has 0 radical (unpaired) electrons. The maximum Gasteiger partial charge on any atom is 0.226 e. The van der Waals surface area contributed by atoms with Gasteiger partial charge >= 0.3 is 0 Å². The van der Waals surface area contributed by atoms with E-state index in [0.717, 1.165) is 0 Å². The van der Waals surface area contributed by atoms with E-state index in [4.69, 9.17) is 13.9 Å². The van der Waals surface area contributed by atoms with Crippen molar-refractivity contribution in [1.29, 1.82) is 0 Å². The molecule has 1 N–H and O–H groups in total.